The van der Waals surface area contributed by atoms with Gasteiger partial charge in [-0.1, -0.05) is 29.8 Å². The monoisotopic (exact) mass is 538 g/mol. The molecule has 0 spiro atoms. The topological polar surface area (TPSA) is 66.5 Å². The number of thioether (sulfide) groups is 2. The number of hydrogen-bond acceptors (Lipinski definition) is 5. The summed E-state index contributed by atoms with van der Waals surface area (Å²) in [5.74, 6) is 0.318. The van der Waals surface area contributed by atoms with Gasteiger partial charge in [-0.3, -0.25) is 9.10 Å². The summed E-state index contributed by atoms with van der Waals surface area (Å²) in [6.45, 7) is -0.0987. The number of sulfonamides is 1. The normalized spacial score (nSPS) is 11.3. The largest absolute Gasteiger partial charge is 0.354 e. The van der Waals surface area contributed by atoms with Gasteiger partial charge in [0.15, 0.2) is 0 Å². The van der Waals surface area contributed by atoms with Crippen LogP contribution in [0.5, 0.6) is 0 Å². The molecule has 5 nitrogen and oxygen atoms in total. The van der Waals surface area contributed by atoms with Crippen LogP contribution < -0.4 is 9.62 Å². The van der Waals surface area contributed by atoms with E-state index >= 15 is 0 Å². The minimum Gasteiger partial charge on any atom is -0.354 e. The number of benzene rings is 3. The smallest absolute Gasteiger partial charge is 0.264 e. The van der Waals surface area contributed by atoms with E-state index in [1.807, 2.05) is 30.5 Å². The Morgan fingerprint density at radius 2 is 1.79 bits per heavy atom. The number of anilines is 1. The lowest BCUT2D eigenvalue weighted by Gasteiger charge is -2.24. The van der Waals surface area contributed by atoms with Crippen LogP contribution >= 0.6 is 35.1 Å². The summed E-state index contributed by atoms with van der Waals surface area (Å²) in [5.41, 5.74) is 1.17. The van der Waals surface area contributed by atoms with Gasteiger partial charge in [-0.2, -0.15) is 11.8 Å². The number of hydrogen-bond donors (Lipinski definition) is 1. The molecule has 3 aromatic rings. The Morgan fingerprint density at radius 3 is 2.47 bits per heavy atom. The zero-order chi connectivity index (χ0) is 24.6. The van der Waals surface area contributed by atoms with Crippen LogP contribution in [0.25, 0.3) is 0 Å². The summed E-state index contributed by atoms with van der Waals surface area (Å²) in [7, 11) is -4.09. The van der Waals surface area contributed by atoms with Gasteiger partial charge in [0.05, 0.1) is 10.6 Å². The van der Waals surface area contributed by atoms with Crippen molar-refractivity contribution < 1.29 is 17.6 Å². The Morgan fingerprint density at radius 1 is 1.06 bits per heavy atom. The van der Waals surface area contributed by atoms with Gasteiger partial charge < -0.3 is 5.32 Å². The van der Waals surface area contributed by atoms with E-state index in [0.717, 1.165) is 26.6 Å². The Kier molecular flexibility index (Phi) is 9.70. The number of rotatable bonds is 11. The second-order valence-electron chi connectivity index (χ2n) is 7.20. The van der Waals surface area contributed by atoms with Gasteiger partial charge in [-0.15, -0.1) is 11.8 Å². The molecule has 180 valence electrons. The van der Waals surface area contributed by atoms with Gasteiger partial charge in [-0.25, -0.2) is 12.8 Å². The molecule has 1 amide bonds. The van der Waals surface area contributed by atoms with Crippen LogP contribution in [-0.4, -0.2) is 39.4 Å². The summed E-state index contributed by atoms with van der Waals surface area (Å²) < 4.78 is 41.5. The maximum atomic E-state index is 13.9. The molecule has 0 atom stereocenters. The van der Waals surface area contributed by atoms with Crippen LogP contribution in [-0.2, 0) is 20.6 Å². The quantitative estimate of drug-likeness (QED) is 0.260. The molecule has 34 heavy (non-hydrogen) atoms. The van der Waals surface area contributed by atoms with Crippen molar-refractivity contribution >= 4 is 56.7 Å². The van der Waals surface area contributed by atoms with Crippen LogP contribution in [0.4, 0.5) is 10.1 Å². The van der Waals surface area contributed by atoms with Crippen molar-refractivity contribution in [3.63, 3.8) is 0 Å². The molecule has 0 unspecified atom stereocenters. The first-order valence-electron chi connectivity index (χ1n) is 10.3. The molecule has 3 aromatic carbocycles. The van der Waals surface area contributed by atoms with Gasteiger partial charge in [0, 0.05) is 28.0 Å². The molecule has 0 aliphatic heterocycles. The second kappa shape index (κ2) is 12.5. The second-order valence-corrected chi connectivity index (χ2v) is 11.5. The number of amides is 1. The highest BCUT2D eigenvalue weighted by Crippen LogP contribution is 2.26. The molecule has 0 aliphatic rings. The average Bonchev–Trinajstić information content (AvgIpc) is 2.82. The Labute approximate surface area is 213 Å². The molecule has 10 heteroatoms. The van der Waals surface area contributed by atoms with Gasteiger partial charge in [0.2, 0.25) is 5.91 Å². The molecule has 0 fully saturated rings. The molecule has 0 saturated heterocycles. The first-order valence-corrected chi connectivity index (χ1v) is 14.5. The van der Waals surface area contributed by atoms with E-state index in [9.17, 15) is 17.6 Å². The molecule has 0 aliphatic carbocycles. The zero-order valence-corrected chi connectivity index (χ0v) is 21.6. The molecule has 3 rings (SSSR count). The first-order chi connectivity index (χ1) is 16.3. The lowest BCUT2D eigenvalue weighted by atomic mass is 10.2. The van der Waals surface area contributed by atoms with Crippen LogP contribution in [0.1, 0.15) is 5.56 Å². The van der Waals surface area contributed by atoms with Gasteiger partial charge in [-0.05, 0) is 66.4 Å². The van der Waals surface area contributed by atoms with Crippen LogP contribution in [0.3, 0.4) is 0 Å². The molecule has 0 bridgehead atoms. The van der Waals surface area contributed by atoms with E-state index in [0.29, 0.717) is 17.3 Å². The number of carbonyl (C=O) groups excluding carboxylic acids is 1. The van der Waals surface area contributed by atoms with E-state index in [1.54, 1.807) is 23.9 Å². The predicted molar refractivity (Wildman–Crippen MR) is 140 cm³/mol. The van der Waals surface area contributed by atoms with Crippen molar-refractivity contribution in [2.24, 2.45) is 0 Å². The summed E-state index contributed by atoms with van der Waals surface area (Å²) in [6, 6.07) is 19.1. The van der Waals surface area contributed by atoms with Crippen molar-refractivity contribution in [1.82, 2.24) is 5.32 Å². The third-order valence-corrected chi connectivity index (χ3v) is 8.55. The molecule has 0 radical (unpaired) electrons. The summed E-state index contributed by atoms with van der Waals surface area (Å²) in [4.78, 5) is 13.6. The third kappa shape index (κ3) is 7.40. The molecular weight excluding hydrogens is 515 g/mol. The maximum absolute atomic E-state index is 13.9. The Bertz CT molecular complexity index is 1220. The van der Waals surface area contributed by atoms with Crippen LogP contribution in [0.2, 0.25) is 5.02 Å². The van der Waals surface area contributed by atoms with E-state index in [2.05, 4.69) is 5.32 Å². The summed E-state index contributed by atoms with van der Waals surface area (Å²) in [5, 5.41) is 3.42. The highest BCUT2D eigenvalue weighted by Gasteiger charge is 2.27. The van der Waals surface area contributed by atoms with Gasteiger partial charge in [0.1, 0.15) is 12.4 Å². The van der Waals surface area contributed by atoms with Crippen molar-refractivity contribution in [3.05, 3.63) is 89.2 Å². The SMILES string of the molecule is CSc1ccc(S(=O)(=O)N(CC(=O)NCCSCc2cccc(Cl)c2)c2cccc(F)c2)cc1. The summed E-state index contributed by atoms with van der Waals surface area (Å²) in [6.07, 6.45) is 1.89. The van der Waals surface area contributed by atoms with Crippen LogP contribution in [0.15, 0.2) is 82.6 Å². The van der Waals surface area contributed by atoms with Crippen molar-refractivity contribution in [3.8, 4) is 0 Å². The predicted octanol–water partition coefficient (Wildman–Crippen LogP) is 5.45. The fourth-order valence-corrected chi connectivity index (χ4v) is 5.93. The van der Waals surface area contributed by atoms with Gasteiger partial charge >= 0.3 is 0 Å². The van der Waals surface area contributed by atoms with E-state index in [-0.39, 0.29) is 10.6 Å². The van der Waals surface area contributed by atoms with E-state index in [1.165, 1.54) is 42.1 Å². The van der Waals surface area contributed by atoms with Crippen molar-refractivity contribution in [1.29, 1.82) is 0 Å². The average molecular weight is 539 g/mol. The molecule has 0 saturated carbocycles. The van der Waals surface area contributed by atoms with E-state index in [4.69, 9.17) is 11.6 Å². The van der Waals surface area contributed by atoms with E-state index < -0.39 is 28.3 Å². The standard InChI is InChI=1S/C24H24ClFN2O3S3/c1-32-22-8-10-23(11-9-22)34(30,31)28(21-7-3-6-20(26)15-21)16-24(29)27-12-13-33-17-18-4-2-5-19(25)14-18/h2-11,14-15H,12-13,16-17H2,1H3,(H,27,29). The highest BCUT2D eigenvalue weighted by molar-refractivity contribution is 7.98. The van der Waals surface area contributed by atoms with Crippen molar-refractivity contribution in [2.75, 3.05) is 29.4 Å². The first kappa shape index (κ1) is 26.4. The lowest BCUT2D eigenvalue weighted by Crippen LogP contribution is -2.41. The zero-order valence-electron chi connectivity index (χ0n) is 18.4. The lowest BCUT2D eigenvalue weighted by molar-refractivity contribution is -0.119. The number of nitrogens with zero attached hydrogens (tertiary/aromatic N) is 1. The minimum atomic E-state index is -4.09. The Balaban J connectivity index is 1.66. The highest BCUT2D eigenvalue weighted by atomic mass is 35.5. The molecular formula is C24H24ClFN2O3S3. The maximum Gasteiger partial charge on any atom is 0.264 e. The van der Waals surface area contributed by atoms with Crippen LogP contribution in [0, 0.1) is 5.82 Å². The number of halogens is 2. The van der Waals surface area contributed by atoms with Crippen molar-refractivity contribution in [2.45, 2.75) is 15.5 Å². The number of nitrogens with one attached hydrogen (secondary N) is 1. The number of carbonyl (C=O) groups is 1. The molecule has 0 aromatic heterocycles. The third-order valence-electron chi connectivity index (χ3n) is 4.76. The summed E-state index contributed by atoms with van der Waals surface area (Å²) >= 11 is 9.10. The fourth-order valence-electron chi connectivity index (χ4n) is 3.09. The molecule has 0 heterocycles. The molecule has 1 N–H and O–H groups in total. The van der Waals surface area contributed by atoms with Gasteiger partial charge in [0.25, 0.3) is 10.0 Å². The minimum absolute atomic E-state index is 0.0273. The fraction of sp³-hybridized carbons (Fsp3) is 0.208. The Hall–Kier alpha value is -2.20.